The minimum Gasteiger partial charge on any atom is -0.497 e. The van der Waals surface area contributed by atoms with Gasteiger partial charge in [0.15, 0.2) is 0 Å². The molecule has 172 valence electrons. The molecule has 2 aliphatic rings. The number of fused-ring (bicyclic) bond motifs is 1. The Hall–Kier alpha value is -2.67. The molecule has 0 unspecified atom stereocenters. The van der Waals surface area contributed by atoms with Crippen molar-refractivity contribution in [3.8, 4) is 5.75 Å². The molecule has 1 fully saturated rings. The van der Waals surface area contributed by atoms with Crippen LogP contribution in [0.15, 0.2) is 24.3 Å². The van der Waals surface area contributed by atoms with E-state index in [0.29, 0.717) is 13.1 Å². The molecule has 7 heteroatoms. The lowest BCUT2D eigenvalue weighted by Crippen LogP contribution is -2.43. The maximum absolute atomic E-state index is 12.6. The zero-order valence-corrected chi connectivity index (χ0v) is 19.8. The van der Waals surface area contributed by atoms with Crippen LogP contribution in [0.3, 0.4) is 0 Å². The van der Waals surface area contributed by atoms with Gasteiger partial charge in [0.05, 0.1) is 13.7 Å². The van der Waals surface area contributed by atoms with Gasteiger partial charge in [0, 0.05) is 43.4 Å². The Morgan fingerprint density at radius 1 is 1.16 bits per heavy atom. The van der Waals surface area contributed by atoms with Crippen LogP contribution in [0.1, 0.15) is 47.8 Å². The van der Waals surface area contributed by atoms with Gasteiger partial charge < -0.3 is 19.4 Å². The van der Waals surface area contributed by atoms with Gasteiger partial charge in [-0.3, -0.25) is 4.79 Å². The van der Waals surface area contributed by atoms with Crippen LogP contribution >= 0.6 is 0 Å². The van der Waals surface area contributed by atoms with Crippen molar-refractivity contribution in [2.24, 2.45) is 0 Å². The lowest BCUT2D eigenvalue weighted by molar-refractivity contribution is -0.133. The number of methoxy groups -OCH3 is 1. The van der Waals surface area contributed by atoms with Crippen molar-refractivity contribution in [2.45, 2.75) is 45.1 Å². The normalized spacial score (nSPS) is 18.6. The second-order valence-electron chi connectivity index (χ2n) is 9.26. The molecule has 1 aromatic heterocycles. The minimum absolute atomic E-state index is 0.190. The van der Waals surface area contributed by atoms with Crippen molar-refractivity contribution in [1.82, 2.24) is 19.8 Å². The van der Waals surface area contributed by atoms with E-state index < -0.39 is 0 Å². The Kier molecular flexibility index (Phi) is 6.94. The van der Waals surface area contributed by atoms with Crippen molar-refractivity contribution in [3.63, 3.8) is 0 Å². The van der Waals surface area contributed by atoms with E-state index >= 15 is 0 Å². The highest BCUT2D eigenvalue weighted by atomic mass is 16.5. The Morgan fingerprint density at radius 3 is 2.66 bits per heavy atom. The number of amides is 1. The average molecular weight is 438 g/mol. The van der Waals surface area contributed by atoms with Crippen molar-refractivity contribution < 1.29 is 9.53 Å². The number of carbonyl (C=O) groups excluding carboxylic acids is 1. The monoisotopic (exact) mass is 437 g/mol. The molecule has 2 aromatic rings. The van der Waals surface area contributed by atoms with Crippen LogP contribution < -0.4 is 9.64 Å². The number of benzene rings is 1. The molecule has 1 amide bonds. The van der Waals surface area contributed by atoms with Gasteiger partial charge in [-0.2, -0.15) is 0 Å². The van der Waals surface area contributed by atoms with Gasteiger partial charge in [0.1, 0.15) is 17.4 Å². The van der Waals surface area contributed by atoms with Crippen molar-refractivity contribution in [3.05, 3.63) is 46.9 Å². The molecule has 3 heterocycles. The first-order valence-corrected chi connectivity index (χ1v) is 11.6. The standard InChI is InChI=1S/C25H35N5O2/c1-18-22-8-6-14-30(15-19-9-11-21(32-4)12-10-19)25(22)27-24(26-18)20-7-5-13-29(16-20)23(31)17-28(2)3/h9-12,20H,5-8,13-17H2,1-4H3/t20-/m0/s1. The van der Waals surface area contributed by atoms with E-state index in [-0.39, 0.29) is 11.8 Å². The number of ether oxygens (including phenoxy) is 1. The molecule has 1 saturated heterocycles. The van der Waals surface area contributed by atoms with Gasteiger partial charge in [0.2, 0.25) is 5.91 Å². The Labute approximate surface area is 191 Å². The highest BCUT2D eigenvalue weighted by Crippen LogP contribution is 2.32. The van der Waals surface area contributed by atoms with Crippen LogP contribution in [-0.2, 0) is 17.8 Å². The quantitative estimate of drug-likeness (QED) is 0.692. The maximum atomic E-state index is 12.6. The molecule has 0 radical (unpaired) electrons. The smallest absolute Gasteiger partial charge is 0.236 e. The van der Waals surface area contributed by atoms with Gasteiger partial charge in [0.25, 0.3) is 0 Å². The second kappa shape index (κ2) is 9.86. The van der Waals surface area contributed by atoms with Crippen LogP contribution in [0.2, 0.25) is 0 Å². The molecule has 1 atom stereocenters. The van der Waals surface area contributed by atoms with Gasteiger partial charge in [-0.1, -0.05) is 12.1 Å². The molecule has 0 bridgehead atoms. The number of nitrogens with zero attached hydrogens (tertiary/aromatic N) is 5. The highest BCUT2D eigenvalue weighted by Gasteiger charge is 2.29. The van der Waals surface area contributed by atoms with E-state index in [0.717, 1.165) is 68.4 Å². The highest BCUT2D eigenvalue weighted by molar-refractivity contribution is 5.78. The van der Waals surface area contributed by atoms with Crippen molar-refractivity contribution in [2.75, 3.05) is 52.3 Å². The first-order chi connectivity index (χ1) is 15.4. The summed E-state index contributed by atoms with van der Waals surface area (Å²) in [7, 11) is 5.57. The van der Waals surface area contributed by atoms with E-state index in [2.05, 4.69) is 24.0 Å². The molecule has 0 saturated carbocycles. The summed E-state index contributed by atoms with van der Waals surface area (Å²) in [4.78, 5) is 29.0. The summed E-state index contributed by atoms with van der Waals surface area (Å²) in [5, 5.41) is 0. The molecular weight excluding hydrogens is 402 g/mol. The second-order valence-corrected chi connectivity index (χ2v) is 9.26. The zero-order valence-electron chi connectivity index (χ0n) is 19.8. The molecule has 0 N–H and O–H groups in total. The number of likely N-dealkylation sites (tertiary alicyclic amines) is 1. The van der Waals surface area contributed by atoms with Crippen LogP contribution in [0.4, 0.5) is 5.82 Å². The summed E-state index contributed by atoms with van der Waals surface area (Å²) in [5.41, 5.74) is 3.60. The van der Waals surface area contributed by atoms with Gasteiger partial charge in [-0.25, -0.2) is 9.97 Å². The lowest BCUT2D eigenvalue weighted by atomic mass is 9.96. The third-order valence-electron chi connectivity index (χ3n) is 6.49. The number of aryl methyl sites for hydroxylation is 1. The van der Waals surface area contributed by atoms with Crippen LogP contribution in [0.5, 0.6) is 5.75 Å². The maximum Gasteiger partial charge on any atom is 0.236 e. The van der Waals surface area contributed by atoms with E-state index in [4.69, 9.17) is 14.7 Å². The summed E-state index contributed by atoms with van der Waals surface area (Å²) < 4.78 is 5.30. The number of hydrogen-bond acceptors (Lipinski definition) is 6. The predicted molar refractivity (Wildman–Crippen MR) is 126 cm³/mol. The Morgan fingerprint density at radius 2 is 1.94 bits per heavy atom. The first kappa shape index (κ1) is 22.5. The van der Waals surface area contributed by atoms with E-state index in [1.165, 1.54) is 11.1 Å². The number of likely N-dealkylation sites (N-methyl/N-ethyl adjacent to an activating group) is 1. The molecule has 1 aromatic carbocycles. The SMILES string of the molecule is COc1ccc(CN2CCCc3c(C)nc([C@H]4CCCN(C(=O)CN(C)C)C4)nc32)cc1. The number of aromatic nitrogens is 2. The third kappa shape index (κ3) is 5.04. The summed E-state index contributed by atoms with van der Waals surface area (Å²) in [6.07, 6.45) is 4.17. The first-order valence-electron chi connectivity index (χ1n) is 11.6. The Bertz CT molecular complexity index is 944. The van der Waals surface area contributed by atoms with Gasteiger partial charge >= 0.3 is 0 Å². The number of rotatable bonds is 6. The predicted octanol–water partition coefficient (Wildman–Crippen LogP) is 3.01. The van der Waals surface area contributed by atoms with Crippen molar-refractivity contribution >= 4 is 11.7 Å². The largest absolute Gasteiger partial charge is 0.497 e. The fraction of sp³-hybridized carbons (Fsp3) is 0.560. The molecule has 32 heavy (non-hydrogen) atoms. The van der Waals surface area contributed by atoms with Crippen LogP contribution in [-0.4, -0.2) is 73.1 Å². The molecule has 4 rings (SSSR count). The molecular formula is C25H35N5O2. The molecule has 0 aliphatic carbocycles. The molecule has 2 aliphatic heterocycles. The third-order valence-corrected chi connectivity index (χ3v) is 6.49. The summed E-state index contributed by atoms with van der Waals surface area (Å²) in [6.45, 7) is 5.92. The summed E-state index contributed by atoms with van der Waals surface area (Å²) in [6, 6.07) is 8.27. The van der Waals surface area contributed by atoms with E-state index in [1.54, 1.807) is 7.11 Å². The Balaban J connectivity index is 1.55. The van der Waals surface area contributed by atoms with Crippen LogP contribution in [0, 0.1) is 6.92 Å². The lowest BCUT2D eigenvalue weighted by Gasteiger charge is -2.35. The number of piperidine rings is 1. The molecule has 7 nitrogen and oxygen atoms in total. The number of anilines is 1. The average Bonchev–Trinajstić information content (AvgIpc) is 2.79. The number of hydrogen-bond donors (Lipinski definition) is 0. The summed E-state index contributed by atoms with van der Waals surface area (Å²) >= 11 is 0. The topological polar surface area (TPSA) is 61.8 Å². The van der Waals surface area contributed by atoms with E-state index in [9.17, 15) is 4.79 Å². The minimum atomic E-state index is 0.190. The zero-order chi connectivity index (χ0) is 22.7. The van der Waals surface area contributed by atoms with E-state index in [1.807, 2.05) is 36.0 Å². The fourth-order valence-electron chi connectivity index (χ4n) is 4.78. The van der Waals surface area contributed by atoms with Gasteiger partial charge in [-0.05, 0) is 64.4 Å². The van der Waals surface area contributed by atoms with Crippen molar-refractivity contribution in [1.29, 1.82) is 0 Å². The summed E-state index contributed by atoms with van der Waals surface area (Å²) in [5.74, 6) is 3.23. The molecule has 0 spiro atoms. The van der Waals surface area contributed by atoms with Gasteiger partial charge in [-0.15, -0.1) is 0 Å². The number of carbonyl (C=O) groups is 1. The van der Waals surface area contributed by atoms with Crippen LogP contribution in [0.25, 0.3) is 0 Å². The fourth-order valence-corrected chi connectivity index (χ4v) is 4.78.